The third kappa shape index (κ3) is 4.02. The zero-order valence-electron chi connectivity index (χ0n) is 11.9. The minimum atomic E-state index is -0.191. The summed E-state index contributed by atoms with van der Waals surface area (Å²) in [6.07, 6.45) is 1.07. The summed E-state index contributed by atoms with van der Waals surface area (Å²) in [5.74, 6) is -0.191. The highest BCUT2D eigenvalue weighted by atomic mass is 32.1. The lowest BCUT2D eigenvalue weighted by molar-refractivity contribution is 0.618. The Morgan fingerprint density at radius 3 is 2.95 bits per heavy atom. The number of aromatic nitrogens is 1. The smallest absolute Gasteiger partial charge is 0.123 e. The molecule has 0 saturated carbocycles. The summed E-state index contributed by atoms with van der Waals surface area (Å²) in [4.78, 5) is 6.40. The van der Waals surface area contributed by atoms with Crippen LogP contribution in [0.5, 0.6) is 0 Å². The summed E-state index contributed by atoms with van der Waals surface area (Å²) in [6, 6.07) is 4.95. The van der Waals surface area contributed by atoms with E-state index < -0.39 is 0 Å². The summed E-state index contributed by atoms with van der Waals surface area (Å²) in [5, 5.41) is 5.36. The van der Waals surface area contributed by atoms with Gasteiger partial charge in [0.25, 0.3) is 0 Å². The number of hydrogen-bond acceptors (Lipinski definition) is 4. The summed E-state index contributed by atoms with van der Waals surface area (Å²) in [7, 11) is 2.01. The SMILES string of the molecule is CCCNCc1cc(F)ccc1N(C)Cc1cscn1. The largest absolute Gasteiger partial charge is 0.368 e. The van der Waals surface area contributed by atoms with Crippen LogP contribution in [-0.2, 0) is 13.1 Å². The normalized spacial score (nSPS) is 10.8. The Morgan fingerprint density at radius 1 is 1.40 bits per heavy atom. The van der Waals surface area contributed by atoms with E-state index in [1.165, 1.54) is 6.07 Å². The molecule has 5 heteroatoms. The standard InChI is InChI=1S/C15H20FN3S/c1-3-6-17-8-12-7-13(16)4-5-15(12)19(2)9-14-10-20-11-18-14/h4-5,7,10-11,17H,3,6,8-9H2,1-2H3. The second-order valence-electron chi connectivity index (χ2n) is 4.79. The summed E-state index contributed by atoms with van der Waals surface area (Å²) in [5.41, 5.74) is 4.89. The highest BCUT2D eigenvalue weighted by Gasteiger charge is 2.10. The van der Waals surface area contributed by atoms with Crippen LogP contribution in [0.2, 0.25) is 0 Å². The lowest BCUT2D eigenvalue weighted by Gasteiger charge is -2.22. The van der Waals surface area contributed by atoms with Crippen molar-refractivity contribution in [1.82, 2.24) is 10.3 Å². The van der Waals surface area contributed by atoms with Gasteiger partial charge >= 0.3 is 0 Å². The van der Waals surface area contributed by atoms with Crippen molar-refractivity contribution in [2.75, 3.05) is 18.5 Å². The van der Waals surface area contributed by atoms with Crippen molar-refractivity contribution in [2.45, 2.75) is 26.4 Å². The topological polar surface area (TPSA) is 28.2 Å². The molecular formula is C15H20FN3S. The van der Waals surface area contributed by atoms with Gasteiger partial charge in [-0.2, -0.15) is 0 Å². The molecule has 2 aromatic rings. The number of thiazole rings is 1. The van der Waals surface area contributed by atoms with E-state index in [4.69, 9.17) is 0 Å². The van der Waals surface area contributed by atoms with Crippen molar-refractivity contribution in [2.24, 2.45) is 0 Å². The Hall–Kier alpha value is -1.46. The van der Waals surface area contributed by atoms with E-state index in [0.717, 1.165) is 36.5 Å². The van der Waals surface area contributed by atoms with E-state index in [9.17, 15) is 4.39 Å². The molecule has 0 aliphatic rings. The van der Waals surface area contributed by atoms with Gasteiger partial charge in [0.05, 0.1) is 17.7 Å². The van der Waals surface area contributed by atoms with Crippen molar-refractivity contribution in [3.8, 4) is 0 Å². The highest BCUT2D eigenvalue weighted by Crippen LogP contribution is 2.22. The fourth-order valence-corrected chi connectivity index (χ4v) is 2.66. The third-order valence-corrected chi connectivity index (χ3v) is 3.71. The molecule has 2 rings (SSSR count). The number of nitrogens with zero attached hydrogens (tertiary/aromatic N) is 2. The first-order valence-electron chi connectivity index (χ1n) is 6.78. The second-order valence-corrected chi connectivity index (χ2v) is 5.50. The molecule has 108 valence electrons. The van der Waals surface area contributed by atoms with Crippen molar-refractivity contribution >= 4 is 17.0 Å². The highest BCUT2D eigenvalue weighted by molar-refractivity contribution is 7.07. The molecule has 3 nitrogen and oxygen atoms in total. The zero-order valence-corrected chi connectivity index (χ0v) is 12.7. The van der Waals surface area contributed by atoms with Gasteiger partial charge < -0.3 is 10.2 Å². The minimum absolute atomic E-state index is 0.191. The molecule has 0 aliphatic heterocycles. The molecule has 0 amide bonds. The van der Waals surface area contributed by atoms with Gasteiger partial charge in [-0.1, -0.05) is 6.92 Å². The number of rotatable bonds is 7. The third-order valence-electron chi connectivity index (χ3n) is 3.08. The predicted octanol–water partition coefficient (Wildman–Crippen LogP) is 3.42. The van der Waals surface area contributed by atoms with E-state index in [1.807, 2.05) is 24.0 Å². The number of halogens is 1. The van der Waals surface area contributed by atoms with Crippen molar-refractivity contribution < 1.29 is 4.39 Å². The number of anilines is 1. The summed E-state index contributed by atoms with van der Waals surface area (Å²) >= 11 is 1.59. The maximum atomic E-state index is 13.4. The van der Waals surface area contributed by atoms with Crippen LogP contribution < -0.4 is 10.2 Å². The predicted molar refractivity (Wildman–Crippen MR) is 82.6 cm³/mol. The number of benzene rings is 1. The average molecular weight is 293 g/mol. The Bertz CT molecular complexity index is 528. The van der Waals surface area contributed by atoms with Gasteiger partial charge in [0.2, 0.25) is 0 Å². The van der Waals surface area contributed by atoms with Crippen LogP contribution >= 0.6 is 11.3 Å². The van der Waals surface area contributed by atoms with Crippen molar-refractivity contribution in [3.63, 3.8) is 0 Å². The lowest BCUT2D eigenvalue weighted by Crippen LogP contribution is -2.21. The number of hydrogen-bond donors (Lipinski definition) is 1. The molecule has 0 radical (unpaired) electrons. The van der Waals surface area contributed by atoms with Crippen LogP contribution in [0.15, 0.2) is 29.1 Å². The maximum Gasteiger partial charge on any atom is 0.123 e. The fraction of sp³-hybridized carbons (Fsp3) is 0.400. The first kappa shape index (κ1) is 14.9. The first-order valence-corrected chi connectivity index (χ1v) is 7.72. The van der Waals surface area contributed by atoms with Crippen LogP contribution in [-0.4, -0.2) is 18.6 Å². The van der Waals surface area contributed by atoms with Crippen LogP contribution in [0.25, 0.3) is 0 Å². The molecule has 20 heavy (non-hydrogen) atoms. The molecule has 0 saturated heterocycles. The van der Waals surface area contributed by atoms with Gasteiger partial charge in [-0.15, -0.1) is 11.3 Å². The monoisotopic (exact) mass is 293 g/mol. The van der Waals surface area contributed by atoms with Crippen LogP contribution in [0.3, 0.4) is 0 Å². The summed E-state index contributed by atoms with van der Waals surface area (Å²) < 4.78 is 13.4. The Labute approximate surface area is 123 Å². The second kappa shape index (κ2) is 7.36. The zero-order chi connectivity index (χ0) is 14.4. The molecule has 1 aromatic heterocycles. The quantitative estimate of drug-likeness (QED) is 0.793. The molecule has 0 atom stereocenters. The Balaban J connectivity index is 2.12. The van der Waals surface area contributed by atoms with Crippen LogP contribution in [0.4, 0.5) is 10.1 Å². The fourth-order valence-electron chi connectivity index (χ4n) is 2.11. The summed E-state index contributed by atoms with van der Waals surface area (Å²) in [6.45, 7) is 4.47. The molecule has 0 spiro atoms. The number of nitrogens with one attached hydrogen (secondary N) is 1. The van der Waals surface area contributed by atoms with E-state index in [0.29, 0.717) is 6.54 Å². The van der Waals surface area contributed by atoms with E-state index in [1.54, 1.807) is 17.4 Å². The molecule has 0 aliphatic carbocycles. The van der Waals surface area contributed by atoms with Gasteiger partial charge in [-0.05, 0) is 36.7 Å². The van der Waals surface area contributed by atoms with Gasteiger partial charge in [0.15, 0.2) is 0 Å². The van der Waals surface area contributed by atoms with Crippen LogP contribution in [0, 0.1) is 5.82 Å². The van der Waals surface area contributed by atoms with Crippen LogP contribution in [0.1, 0.15) is 24.6 Å². The van der Waals surface area contributed by atoms with Gasteiger partial charge in [-0.3, -0.25) is 0 Å². The minimum Gasteiger partial charge on any atom is -0.368 e. The molecule has 0 unspecified atom stereocenters. The Kier molecular flexibility index (Phi) is 5.49. The molecule has 0 bridgehead atoms. The first-order chi connectivity index (χ1) is 9.70. The van der Waals surface area contributed by atoms with Gasteiger partial charge in [-0.25, -0.2) is 9.37 Å². The Morgan fingerprint density at radius 2 is 2.25 bits per heavy atom. The van der Waals surface area contributed by atoms with E-state index in [-0.39, 0.29) is 5.82 Å². The molecule has 1 N–H and O–H groups in total. The van der Waals surface area contributed by atoms with Crippen molar-refractivity contribution in [1.29, 1.82) is 0 Å². The molecule has 1 heterocycles. The maximum absolute atomic E-state index is 13.4. The molecule has 1 aromatic carbocycles. The van der Waals surface area contributed by atoms with E-state index in [2.05, 4.69) is 22.1 Å². The van der Waals surface area contributed by atoms with Gasteiger partial charge in [0.1, 0.15) is 5.82 Å². The van der Waals surface area contributed by atoms with Crippen molar-refractivity contribution in [3.05, 3.63) is 46.2 Å². The molecular weight excluding hydrogens is 273 g/mol. The molecule has 0 fully saturated rings. The van der Waals surface area contributed by atoms with E-state index >= 15 is 0 Å². The average Bonchev–Trinajstić information content (AvgIpc) is 2.92. The van der Waals surface area contributed by atoms with Gasteiger partial charge in [0, 0.05) is 24.7 Å². The lowest BCUT2D eigenvalue weighted by atomic mass is 10.1.